The first-order valence-corrected chi connectivity index (χ1v) is 12.8. The summed E-state index contributed by atoms with van der Waals surface area (Å²) < 4.78 is 63.8. The van der Waals surface area contributed by atoms with Crippen molar-refractivity contribution in [1.29, 1.82) is 0 Å². The first kappa shape index (κ1) is 21.9. The van der Waals surface area contributed by atoms with Crippen molar-refractivity contribution in [3.8, 4) is 0 Å². The van der Waals surface area contributed by atoms with Crippen molar-refractivity contribution in [3.05, 3.63) is 42.7 Å². The Balaban J connectivity index is 1.77. The third kappa shape index (κ3) is 4.87. The molecule has 3 rings (SSSR count). The van der Waals surface area contributed by atoms with E-state index in [1.807, 2.05) is 0 Å². The molecular formula is C19H25FN2O5S2. The minimum atomic E-state index is -3.84. The molecule has 1 aromatic carbocycles. The normalized spacial score (nSPS) is 24.9. The van der Waals surface area contributed by atoms with Gasteiger partial charge >= 0.3 is 0 Å². The van der Waals surface area contributed by atoms with Crippen LogP contribution in [-0.2, 0) is 24.7 Å². The van der Waals surface area contributed by atoms with Crippen LogP contribution in [0.25, 0.3) is 0 Å². The van der Waals surface area contributed by atoms with Crippen LogP contribution >= 0.6 is 0 Å². The highest BCUT2D eigenvalue weighted by molar-refractivity contribution is 7.91. The maximum Gasteiger partial charge on any atom is 0.243 e. The molecule has 29 heavy (non-hydrogen) atoms. The molecule has 2 unspecified atom stereocenters. The monoisotopic (exact) mass is 444 g/mol. The number of carbonyl (C=O) groups is 1. The summed E-state index contributed by atoms with van der Waals surface area (Å²) in [5.74, 6) is -1.35. The number of carbonyl (C=O) groups excluding carboxylic acids is 1. The fourth-order valence-electron chi connectivity index (χ4n) is 3.93. The van der Waals surface area contributed by atoms with Crippen molar-refractivity contribution in [2.75, 3.05) is 31.1 Å². The van der Waals surface area contributed by atoms with E-state index < -0.39 is 37.6 Å². The number of piperidine rings is 1. The molecule has 7 nitrogen and oxygen atoms in total. The zero-order valence-corrected chi connectivity index (χ0v) is 17.7. The van der Waals surface area contributed by atoms with Crippen LogP contribution in [0.3, 0.4) is 0 Å². The molecule has 2 aliphatic rings. The molecule has 0 aromatic heterocycles. The van der Waals surface area contributed by atoms with Crippen LogP contribution in [0.15, 0.2) is 41.8 Å². The number of rotatable bonds is 6. The summed E-state index contributed by atoms with van der Waals surface area (Å²) in [5.41, 5.74) is 0. The Morgan fingerprint density at radius 1 is 1.28 bits per heavy atom. The summed E-state index contributed by atoms with van der Waals surface area (Å²) in [6, 6.07) is 4.19. The summed E-state index contributed by atoms with van der Waals surface area (Å²) in [4.78, 5) is 14.7. The Morgan fingerprint density at radius 2 is 1.97 bits per heavy atom. The van der Waals surface area contributed by atoms with Gasteiger partial charge in [0.05, 0.1) is 22.3 Å². The van der Waals surface area contributed by atoms with Crippen LogP contribution in [0.2, 0.25) is 0 Å². The molecule has 2 fully saturated rings. The molecule has 1 amide bonds. The molecule has 0 radical (unpaired) electrons. The van der Waals surface area contributed by atoms with E-state index in [0.29, 0.717) is 19.3 Å². The van der Waals surface area contributed by atoms with Gasteiger partial charge in [-0.3, -0.25) is 4.79 Å². The average Bonchev–Trinajstić information content (AvgIpc) is 3.05. The topological polar surface area (TPSA) is 91.8 Å². The average molecular weight is 445 g/mol. The highest BCUT2D eigenvalue weighted by Crippen LogP contribution is 2.27. The minimum Gasteiger partial charge on any atom is -0.335 e. The van der Waals surface area contributed by atoms with Crippen molar-refractivity contribution < 1.29 is 26.0 Å². The molecule has 2 heterocycles. The van der Waals surface area contributed by atoms with Gasteiger partial charge in [-0.15, -0.1) is 6.58 Å². The predicted octanol–water partition coefficient (Wildman–Crippen LogP) is 1.43. The van der Waals surface area contributed by atoms with E-state index in [-0.39, 0.29) is 41.9 Å². The standard InChI is InChI=1S/C19H25FN2O5S2/c1-2-10-22(17-9-12-28(24,25)14-17)19(23)15-4-3-11-21(13-15)29(26,27)18-7-5-16(20)6-8-18/h2,5-8,15,17H,1,3-4,9-14H2. The zero-order valence-electron chi connectivity index (χ0n) is 16.0. The van der Waals surface area contributed by atoms with Crippen molar-refractivity contribution in [2.45, 2.75) is 30.2 Å². The number of nitrogens with zero attached hydrogens (tertiary/aromatic N) is 2. The van der Waals surface area contributed by atoms with Crippen molar-refractivity contribution in [1.82, 2.24) is 9.21 Å². The molecule has 2 saturated heterocycles. The third-order valence-corrected chi connectivity index (χ3v) is 9.07. The Kier molecular flexibility index (Phi) is 6.45. The quantitative estimate of drug-likeness (QED) is 0.619. The maximum atomic E-state index is 13.2. The van der Waals surface area contributed by atoms with Crippen LogP contribution in [0.1, 0.15) is 19.3 Å². The van der Waals surface area contributed by atoms with Gasteiger partial charge < -0.3 is 4.90 Å². The summed E-state index contributed by atoms with van der Waals surface area (Å²) >= 11 is 0. The number of halogens is 1. The molecule has 160 valence electrons. The fraction of sp³-hybridized carbons (Fsp3) is 0.526. The van der Waals surface area contributed by atoms with Gasteiger partial charge in [-0.25, -0.2) is 21.2 Å². The van der Waals surface area contributed by atoms with Gasteiger partial charge in [0.1, 0.15) is 5.82 Å². The number of hydrogen-bond donors (Lipinski definition) is 0. The van der Waals surface area contributed by atoms with Crippen molar-refractivity contribution >= 4 is 25.8 Å². The molecule has 0 aliphatic carbocycles. The first-order chi connectivity index (χ1) is 13.6. The molecule has 2 aliphatic heterocycles. The van der Waals surface area contributed by atoms with Gasteiger partial charge in [-0.1, -0.05) is 6.08 Å². The lowest BCUT2D eigenvalue weighted by Crippen LogP contribution is -2.50. The SMILES string of the molecule is C=CCN(C(=O)C1CCCN(S(=O)(=O)c2ccc(F)cc2)C1)C1CCS(=O)(=O)C1. The third-order valence-electron chi connectivity index (χ3n) is 5.44. The van der Waals surface area contributed by atoms with Crippen LogP contribution in [-0.4, -0.2) is 69.1 Å². The van der Waals surface area contributed by atoms with Crippen LogP contribution in [0, 0.1) is 11.7 Å². The van der Waals surface area contributed by atoms with E-state index >= 15 is 0 Å². The number of amides is 1. The van der Waals surface area contributed by atoms with E-state index in [1.54, 1.807) is 6.08 Å². The van der Waals surface area contributed by atoms with Gasteiger partial charge in [0.15, 0.2) is 9.84 Å². The second kappa shape index (κ2) is 8.53. The number of sulfone groups is 1. The minimum absolute atomic E-state index is 0.0168. The Bertz CT molecular complexity index is 976. The van der Waals surface area contributed by atoms with E-state index in [0.717, 1.165) is 12.1 Å². The molecule has 1 aromatic rings. The van der Waals surface area contributed by atoms with Gasteiger partial charge in [0.2, 0.25) is 15.9 Å². The summed E-state index contributed by atoms with van der Waals surface area (Å²) in [6.07, 6.45) is 2.98. The van der Waals surface area contributed by atoms with Gasteiger partial charge in [0.25, 0.3) is 0 Å². The van der Waals surface area contributed by atoms with Crippen LogP contribution in [0.4, 0.5) is 4.39 Å². The van der Waals surface area contributed by atoms with E-state index in [9.17, 15) is 26.0 Å². The largest absolute Gasteiger partial charge is 0.335 e. The molecule has 0 saturated carbocycles. The summed E-state index contributed by atoms with van der Waals surface area (Å²) in [5, 5.41) is 0. The lowest BCUT2D eigenvalue weighted by Gasteiger charge is -2.36. The van der Waals surface area contributed by atoms with Crippen LogP contribution < -0.4 is 0 Å². The fourth-order valence-corrected chi connectivity index (χ4v) is 7.19. The maximum absolute atomic E-state index is 13.2. The molecule has 2 atom stereocenters. The number of sulfonamides is 1. The van der Waals surface area contributed by atoms with E-state index in [1.165, 1.54) is 21.3 Å². The highest BCUT2D eigenvalue weighted by Gasteiger charge is 2.39. The van der Waals surface area contributed by atoms with Gasteiger partial charge in [-0.2, -0.15) is 4.31 Å². The Labute approximate surface area is 171 Å². The summed E-state index contributed by atoms with van der Waals surface area (Å²) in [7, 11) is -7.00. The van der Waals surface area contributed by atoms with E-state index in [4.69, 9.17) is 0 Å². The molecular weight excluding hydrogens is 419 g/mol. The van der Waals surface area contributed by atoms with Crippen LogP contribution in [0.5, 0.6) is 0 Å². The van der Waals surface area contributed by atoms with Crippen molar-refractivity contribution in [2.24, 2.45) is 5.92 Å². The van der Waals surface area contributed by atoms with Gasteiger partial charge in [-0.05, 0) is 43.5 Å². The molecule has 0 N–H and O–H groups in total. The molecule has 0 spiro atoms. The second-order valence-electron chi connectivity index (χ2n) is 7.49. The first-order valence-electron chi connectivity index (χ1n) is 9.51. The number of hydrogen-bond acceptors (Lipinski definition) is 5. The number of benzene rings is 1. The van der Waals surface area contributed by atoms with E-state index in [2.05, 4.69) is 6.58 Å². The summed E-state index contributed by atoms with van der Waals surface area (Å²) in [6.45, 7) is 4.18. The Hall–Kier alpha value is -1.78. The lowest BCUT2D eigenvalue weighted by atomic mass is 9.97. The lowest BCUT2D eigenvalue weighted by molar-refractivity contribution is -0.138. The predicted molar refractivity (Wildman–Crippen MR) is 107 cm³/mol. The highest BCUT2D eigenvalue weighted by atomic mass is 32.2. The van der Waals surface area contributed by atoms with Crippen molar-refractivity contribution in [3.63, 3.8) is 0 Å². The smallest absolute Gasteiger partial charge is 0.243 e. The Morgan fingerprint density at radius 3 is 2.55 bits per heavy atom. The van der Waals surface area contributed by atoms with Gasteiger partial charge in [0, 0.05) is 25.7 Å². The molecule has 0 bridgehead atoms. The second-order valence-corrected chi connectivity index (χ2v) is 11.7. The molecule has 10 heteroatoms. The zero-order chi connectivity index (χ0) is 21.2.